The van der Waals surface area contributed by atoms with E-state index in [0.717, 1.165) is 36.3 Å². The monoisotopic (exact) mass is 433 g/mol. The molecule has 29 heavy (non-hydrogen) atoms. The van der Waals surface area contributed by atoms with Gasteiger partial charge in [-0.25, -0.2) is 9.78 Å². The quantitative estimate of drug-likeness (QED) is 0.526. The number of hydrogen-bond donors (Lipinski definition) is 2. The fraction of sp³-hybridized carbons (Fsp3) is 0.545. The van der Waals surface area contributed by atoms with Crippen molar-refractivity contribution in [2.75, 3.05) is 5.32 Å². The molecule has 1 heterocycles. The average Bonchev–Trinajstić information content (AvgIpc) is 3.11. The minimum absolute atomic E-state index is 0.149. The van der Waals surface area contributed by atoms with Crippen LogP contribution < -0.4 is 11.1 Å². The molecule has 3 rings (SSSR count). The number of anilines is 1. The molecule has 5 nitrogen and oxygen atoms in total. The molecule has 0 saturated heterocycles. The second-order valence-electron chi connectivity index (χ2n) is 8.13. The van der Waals surface area contributed by atoms with Gasteiger partial charge in [-0.15, -0.1) is 23.1 Å². The lowest BCUT2D eigenvalue weighted by atomic mass is 9.87. The van der Waals surface area contributed by atoms with Gasteiger partial charge >= 0.3 is 6.09 Å². The molecule has 0 spiro atoms. The standard InChI is InChI=1S/C22H31N3O2S2/c1-13(2)27-22(26)25-17-9-10-18(19(11-17)28-14(3)4)20-12-24-21(29-20)15-5-7-16(23)8-6-15/h9-16H,5-8,23H2,1-4H3,(H,25,26). The second-order valence-corrected chi connectivity index (χ2v) is 10.8. The number of benzene rings is 1. The molecule has 7 heteroatoms. The van der Waals surface area contributed by atoms with Gasteiger partial charge in [0.05, 0.1) is 16.0 Å². The van der Waals surface area contributed by atoms with Crippen molar-refractivity contribution >= 4 is 34.9 Å². The summed E-state index contributed by atoms with van der Waals surface area (Å²) in [6.45, 7) is 8.02. The Kier molecular flexibility index (Phi) is 7.60. The van der Waals surface area contributed by atoms with E-state index in [-0.39, 0.29) is 6.10 Å². The summed E-state index contributed by atoms with van der Waals surface area (Å²) in [5.74, 6) is 0.529. The summed E-state index contributed by atoms with van der Waals surface area (Å²) in [5, 5.41) is 4.48. The van der Waals surface area contributed by atoms with E-state index in [1.54, 1.807) is 23.1 Å². The first kappa shape index (κ1) is 22.1. The number of nitrogens with zero attached hydrogens (tertiary/aromatic N) is 1. The van der Waals surface area contributed by atoms with E-state index in [0.29, 0.717) is 17.2 Å². The van der Waals surface area contributed by atoms with Gasteiger partial charge in [-0.1, -0.05) is 19.9 Å². The number of carbonyl (C=O) groups is 1. The van der Waals surface area contributed by atoms with Gasteiger partial charge in [0, 0.05) is 39.6 Å². The van der Waals surface area contributed by atoms with Crippen LogP contribution in [0, 0.1) is 0 Å². The number of thioether (sulfide) groups is 1. The highest BCUT2D eigenvalue weighted by atomic mass is 32.2. The zero-order valence-electron chi connectivity index (χ0n) is 17.6. The van der Waals surface area contributed by atoms with E-state index in [4.69, 9.17) is 15.5 Å². The molecule has 3 N–H and O–H groups in total. The molecule has 158 valence electrons. The van der Waals surface area contributed by atoms with Gasteiger partial charge in [0.25, 0.3) is 0 Å². The fourth-order valence-electron chi connectivity index (χ4n) is 3.48. The molecule has 0 aliphatic heterocycles. The Hall–Kier alpha value is -1.57. The highest BCUT2D eigenvalue weighted by molar-refractivity contribution is 8.00. The van der Waals surface area contributed by atoms with Crippen molar-refractivity contribution in [2.24, 2.45) is 5.73 Å². The maximum Gasteiger partial charge on any atom is 0.411 e. The number of nitrogens with two attached hydrogens (primary N) is 1. The third-order valence-corrected chi connectivity index (χ3v) is 7.10. The summed E-state index contributed by atoms with van der Waals surface area (Å²) in [7, 11) is 0. The molecule has 1 aliphatic carbocycles. The van der Waals surface area contributed by atoms with Crippen molar-refractivity contribution < 1.29 is 9.53 Å². The molecule has 1 aromatic heterocycles. The van der Waals surface area contributed by atoms with E-state index in [1.807, 2.05) is 32.2 Å². The number of rotatable bonds is 6. The van der Waals surface area contributed by atoms with Gasteiger partial charge in [0.2, 0.25) is 0 Å². The van der Waals surface area contributed by atoms with E-state index in [1.165, 1.54) is 15.4 Å². The van der Waals surface area contributed by atoms with Gasteiger partial charge in [-0.05, 0) is 51.7 Å². The Morgan fingerprint density at radius 2 is 1.97 bits per heavy atom. The Bertz CT molecular complexity index is 827. The number of nitrogens with one attached hydrogen (secondary N) is 1. The lowest BCUT2D eigenvalue weighted by molar-refractivity contribution is 0.130. The number of ether oxygens (including phenoxy) is 1. The Balaban J connectivity index is 1.81. The number of thiazole rings is 1. The molecule has 1 saturated carbocycles. The Labute approximate surface area is 181 Å². The van der Waals surface area contributed by atoms with Crippen LogP contribution in [0.2, 0.25) is 0 Å². The van der Waals surface area contributed by atoms with Crippen LogP contribution in [-0.4, -0.2) is 28.5 Å². The summed E-state index contributed by atoms with van der Waals surface area (Å²) < 4.78 is 5.19. The summed E-state index contributed by atoms with van der Waals surface area (Å²) in [5.41, 5.74) is 7.97. The molecule has 0 unspecified atom stereocenters. The third kappa shape index (κ3) is 6.20. The second kappa shape index (κ2) is 9.96. The predicted octanol–water partition coefficient (Wildman–Crippen LogP) is 6.25. The van der Waals surface area contributed by atoms with Gasteiger partial charge in [-0.3, -0.25) is 5.32 Å². The van der Waals surface area contributed by atoms with Crippen LogP contribution in [0.3, 0.4) is 0 Å². The van der Waals surface area contributed by atoms with Gasteiger partial charge in [0.15, 0.2) is 0 Å². The van der Waals surface area contributed by atoms with Crippen LogP contribution in [-0.2, 0) is 4.74 Å². The number of carbonyl (C=O) groups excluding carboxylic acids is 1. The van der Waals surface area contributed by atoms with Crippen molar-refractivity contribution in [2.45, 2.75) is 81.6 Å². The lowest BCUT2D eigenvalue weighted by Crippen LogP contribution is -2.25. The zero-order chi connectivity index (χ0) is 21.0. The topological polar surface area (TPSA) is 77.2 Å². The molecule has 1 aromatic carbocycles. The van der Waals surface area contributed by atoms with Gasteiger partial charge in [0.1, 0.15) is 0 Å². The van der Waals surface area contributed by atoms with Crippen molar-refractivity contribution in [1.82, 2.24) is 4.98 Å². The molecule has 1 fully saturated rings. The van der Waals surface area contributed by atoms with Crippen molar-refractivity contribution in [1.29, 1.82) is 0 Å². The molecule has 0 radical (unpaired) electrons. The summed E-state index contributed by atoms with van der Waals surface area (Å²) in [6, 6.07) is 6.38. The fourth-order valence-corrected chi connectivity index (χ4v) is 5.68. The molecular formula is C22H31N3O2S2. The first-order valence-corrected chi connectivity index (χ1v) is 12.0. The number of amides is 1. The zero-order valence-corrected chi connectivity index (χ0v) is 19.2. The van der Waals surface area contributed by atoms with Gasteiger partial charge < -0.3 is 10.5 Å². The molecular weight excluding hydrogens is 402 g/mol. The van der Waals surface area contributed by atoms with Gasteiger partial charge in [-0.2, -0.15) is 0 Å². The Morgan fingerprint density at radius 3 is 2.62 bits per heavy atom. The van der Waals surface area contributed by atoms with E-state index in [9.17, 15) is 4.79 Å². The molecule has 0 atom stereocenters. The highest BCUT2D eigenvalue weighted by Gasteiger charge is 2.23. The van der Waals surface area contributed by atoms with Crippen LogP contribution in [0.25, 0.3) is 10.4 Å². The van der Waals surface area contributed by atoms with Crippen LogP contribution >= 0.6 is 23.1 Å². The van der Waals surface area contributed by atoms with Crippen molar-refractivity contribution in [3.05, 3.63) is 29.4 Å². The predicted molar refractivity (Wildman–Crippen MR) is 123 cm³/mol. The molecule has 2 aromatic rings. The van der Waals surface area contributed by atoms with E-state index in [2.05, 4.69) is 25.2 Å². The third-order valence-electron chi connectivity index (χ3n) is 4.84. The molecule has 1 amide bonds. The summed E-state index contributed by atoms with van der Waals surface area (Å²) in [4.78, 5) is 19.0. The minimum Gasteiger partial charge on any atom is -0.447 e. The van der Waals surface area contributed by atoms with Crippen LogP contribution in [0.4, 0.5) is 10.5 Å². The Morgan fingerprint density at radius 1 is 1.24 bits per heavy atom. The SMILES string of the molecule is CC(C)OC(=O)Nc1ccc(-c2cnc(C3CCC(N)CC3)s2)c(SC(C)C)c1. The minimum atomic E-state index is -0.427. The first-order valence-electron chi connectivity index (χ1n) is 10.3. The number of hydrogen-bond acceptors (Lipinski definition) is 6. The average molecular weight is 434 g/mol. The first-order chi connectivity index (χ1) is 13.8. The van der Waals surface area contributed by atoms with Crippen molar-refractivity contribution in [3.63, 3.8) is 0 Å². The lowest BCUT2D eigenvalue weighted by Gasteiger charge is -2.24. The van der Waals surface area contributed by atoms with E-state index < -0.39 is 6.09 Å². The van der Waals surface area contributed by atoms with Crippen LogP contribution in [0.15, 0.2) is 29.3 Å². The van der Waals surface area contributed by atoms with Crippen LogP contribution in [0.1, 0.15) is 64.3 Å². The largest absolute Gasteiger partial charge is 0.447 e. The molecule has 1 aliphatic rings. The smallest absolute Gasteiger partial charge is 0.411 e. The normalized spacial score (nSPS) is 19.6. The highest BCUT2D eigenvalue weighted by Crippen LogP contribution is 2.41. The van der Waals surface area contributed by atoms with Crippen LogP contribution in [0.5, 0.6) is 0 Å². The maximum absolute atomic E-state index is 12.0. The maximum atomic E-state index is 12.0. The van der Waals surface area contributed by atoms with E-state index >= 15 is 0 Å². The summed E-state index contributed by atoms with van der Waals surface area (Å²) in [6.07, 6.45) is 5.84. The molecule has 0 bridgehead atoms. The van der Waals surface area contributed by atoms with Crippen molar-refractivity contribution in [3.8, 4) is 10.4 Å². The number of aromatic nitrogens is 1. The summed E-state index contributed by atoms with van der Waals surface area (Å²) >= 11 is 3.58.